The van der Waals surface area contributed by atoms with Gasteiger partial charge < -0.3 is 10.1 Å². The van der Waals surface area contributed by atoms with Crippen molar-refractivity contribution in [2.24, 2.45) is 0 Å². The minimum Gasteiger partial charge on any atom is -0.449 e. The van der Waals surface area contributed by atoms with Crippen molar-refractivity contribution in [1.29, 1.82) is 0 Å². The van der Waals surface area contributed by atoms with Crippen LogP contribution in [0.2, 0.25) is 5.02 Å². The van der Waals surface area contributed by atoms with E-state index >= 15 is 0 Å². The predicted molar refractivity (Wildman–Crippen MR) is 78.1 cm³/mol. The second kappa shape index (κ2) is 6.61. The highest BCUT2D eigenvalue weighted by molar-refractivity contribution is 6.31. The van der Waals surface area contributed by atoms with E-state index in [4.69, 9.17) is 16.3 Å². The van der Waals surface area contributed by atoms with Gasteiger partial charge in [-0.3, -0.25) is 19.8 Å². The molecule has 1 unspecified atom stereocenters. The largest absolute Gasteiger partial charge is 0.449 e. The lowest BCUT2D eigenvalue weighted by molar-refractivity contribution is -0.385. The molecular formula is C13H12ClN3O6. The number of halogens is 1. The van der Waals surface area contributed by atoms with E-state index in [2.05, 4.69) is 5.32 Å². The van der Waals surface area contributed by atoms with Gasteiger partial charge >= 0.3 is 12.0 Å². The van der Waals surface area contributed by atoms with Gasteiger partial charge in [0, 0.05) is 24.2 Å². The molecule has 0 radical (unpaired) electrons. The van der Waals surface area contributed by atoms with Crippen LogP contribution >= 0.6 is 11.6 Å². The van der Waals surface area contributed by atoms with Crippen molar-refractivity contribution >= 4 is 35.2 Å². The number of hydrogen-bond donors (Lipinski definition) is 1. The Kier molecular flexibility index (Phi) is 4.80. The zero-order chi connectivity index (χ0) is 17.1. The average Bonchev–Trinajstić information content (AvgIpc) is 2.92. The number of carbonyl (C=O) groups is 3. The van der Waals surface area contributed by atoms with Gasteiger partial charge in [-0.05, 0) is 19.1 Å². The first kappa shape index (κ1) is 16.7. The van der Waals surface area contributed by atoms with Crippen LogP contribution in [0, 0.1) is 10.1 Å². The summed E-state index contributed by atoms with van der Waals surface area (Å²) in [6.07, 6.45) is -1.26. The molecule has 1 N–H and O–H groups in total. The average molecular weight is 342 g/mol. The summed E-state index contributed by atoms with van der Waals surface area (Å²) in [4.78, 5) is 46.6. The van der Waals surface area contributed by atoms with Crippen LogP contribution in [0.15, 0.2) is 18.2 Å². The Morgan fingerprint density at radius 1 is 1.48 bits per heavy atom. The van der Waals surface area contributed by atoms with E-state index in [9.17, 15) is 24.5 Å². The first-order chi connectivity index (χ1) is 10.8. The Hall–Kier alpha value is -2.68. The minimum atomic E-state index is -1.26. The standard InChI is InChI=1S/C13H12ClN3O6/c1-7(11(18)16-5-4-15-13(16)20)23-12(19)9-3-2-8(14)6-10(9)17(21)22/h2-3,6-7H,4-5H2,1H3,(H,15,20). The minimum absolute atomic E-state index is 0.0890. The summed E-state index contributed by atoms with van der Waals surface area (Å²) in [6, 6.07) is 2.88. The van der Waals surface area contributed by atoms with Crippen molar-refractivity contribution in [3.63, 3.8) is 0 Å². The molecule has 1 aliphatic heterocycles. The Morgan fingerprint density at radius 3 is 2.74 bits per heavy atom. The molecule has 1 heterocycles. The maximum atomic E-state index is 12.1. The number of benzene rings is 1. The Labute approximate surface area is 135 Å². The third-order valence-electron chi connectivity index (χ3n) is 3.13. The molecule has 0 saturated carbocycles. The maximum absolute atomic E-state index is 12.1. The third kappa shape index (κ3) is 3.57. The number of nitro benzene ring substituents is 1. The molecule has 0 spiro atoms. The van der Waals surface area contributed by atoms with Crippen molar-refractivity contribution in [3.8, 4) is 0 Å². The molecule has 23 heavy (non-hydrogen) atoms. The van der Waals surface area contributed by atoms with Crippen LogP contribution in [0.25, 0.3) is 0 Å². The first-order valence-electron chi connectivity index (χ1n) is 6.55. The van der Waals surface area contributed by atoms with E-state index < -0.39 is 34.6 Å². The molecule has 1 aromatic carbocycles. The van der Waals surface area contributed by atoms with E-state index in [1.54, 1.807) is 0 Å². The lowest BCUT2D eigenvalue weighted by Gasteiger charge is -2.18. The van der Waals surface area contributed by atoms with Gasteiger partial charge in [0.05, 0.1) is 4.92 Å². The van der Waals surface area contributed by atoms with Crippen LogP contribution in [0.4, 0.5) is 10.5 Å². The number of hydrogen-bond acceptors (Lipinski definition) is 6. The van der Waals surface area contributed by atoms with Crippen molar-refractivity contribution in [3.05, 3.63) is 38.9 Å². The summed E-state index contributed by atoms with van der Waals surface area (Å²) in [5.41, 5.74) is -0.856. The van der Waals surface area contributed by atoms with Crippen molar-refractivity contribution in [1.82, 2.24) is 10.2 Å². The van der Waals surface area contributed by atoms with Gasteiger partial charge in [0.25, 0.3) is 11.6 Å². The number of nitrogens with one attached hydrogen (secondary N) is 1. The van der Waals surface area contributed by atoms with Gasteiger partial charge in [-0.2, -0.15) is 0 Å². The molecule has 1 aliphatic rings. The van der Waals surface area contributed by atoms with Crippen LogP contribution in [0.3, 0.4) is 0 Å². The molecule has 1 fully saturated rings. The highest BCUT2D eigenvalue weighted by Gasteiger charge is 2.33. The van der Waals surface area contributed by atoms with Crippen molar-refractivity contribution < 1.29 is 24.0 Å². The second-order valence-corrected chi connectivity index (χ2v) is 5.12. The normalized spacial score (nSPS) is 15.0. The number of nitrogens with zero attached hydrogens (tertiary/aromatic N) is 2. The van der Waals surface area contributed by atoms with E-state index in [-0.39, 0.29) is 17.1 Å². The molecule has 1 saturated heterocycles. The smallest absolute Gasteiger partial charge is 0.345 e. The van der Waals surface area contributed by atoms with Gasteiger partial charge in [0.2, 0.25) is 0 Å². The molecule has 0 aliphatic carbocycles. The molecule has 1 atom stereocenters. The Balaban J connectivity index is 2.14. The van der Waals surface area contributed by atoms with Crippen LogP contribution in [-0.2, 0) is 9.53 Å². The van der Waals surface area contributed by atoms with Crippen LogP contribution in [0.1, 0.15) is 17.3 Å². The Morgan fingerprint density at radius 2 is 2.17 bits per heavy atom. The van der Waals surface area contributed by atoms with E-state index in [1.165, 1.54) is 13.0 Å². The summed E-state index contributed by atoms with van der Waals surface area (Å²) in [5.74, 6) is -1.75. The molecule has 122 valence electrons. The maximum Gasteiger partial charge on any atom is 0.345 e. The molecule has 2 rings (SSSR count). The number of nitro groups is 1. The molecule has 0 bridgehead atoms. The highest BCUT2D eigenvalue weighted by atomic mass is 35.5. The fourth-order valence-electron chi connectivity index (χ4n) is 2.00. The van der Waals surface area contributed by atoms with Crippen molar-refractivity contribution in [2.45, 2.75) is 13.0 Å². The monoisotopic (exact) mass is 341 g/mol. The zero-order valence-electron chi connectivity index (χ0n) is 11.9. The summed E-state index contributed by atoms with van der Waals surface area (Å²) < 4.78 is 4.93. The van der Waals surface area contributed by atoms with Crippen LogP contribution in [-0.4, -0.2) is 46.9 Å². The highest BCUT2D eigenvalue weighted by Crippen LogP contribution is 2.24. The summed E-state index contributed by atoms with van der Waals surface area (Å²) in [7, 11) is 0. The van der Waals surface area contributed by atoms with Crippen molar-refractivity contribution in [2.75, 3.05) is 13.1 Å². The molecular weight excluding hydrogens is 330 g/mol. The van der Waals surface area contributed by atoms with Crippen LogP contribution in [0.5, 0.6) is 0 Å². The van der Waals surface area contributed by atoms with Crippen LogP contribution < -0.4 is 5.32 Å². The summed E-state index contributed by atoms with van der Waals surface area (Å²) >= 11 is 5.66. The number of carbonyl (C=O) groups excluding carboxylic acids is 3. The van der Waals surface area contributed by atoms with E-state index in [0.717, 1.165) is 17.0 Å². The quantitative estimate of drug-likeness (QED) is 0.501. The molecule has 3 amide bonds. The first-order valence-corrected chi connectivity index (χ1v) is 6.93. The van der Waals surface area contributed by atoms with E-state index in [0.29, 0.717) is 6.54 Å². The van der Waals surface area contributed by atoms with Gasteiger partial charge in [-0.15, -0.1) is 0 Å². The lowest BCUT2D eigenvalue weighted by atomic mass is 10.2. The predicted octanol–water partition coefficient (Wildman–Crippen LogP) is 1.35. The van der Waals surface area contributed by atoms with Gasteiger partial charge in [0.1, 0.15) is 5.56 Å². The van der Waals surface area contributed by atoms with E-state index in [1.807, 2.05) is 0 Å². The fourth-order valence-corrected chi connectivity index (χ4v) is 2.17. The summed E-state index contributed by atoms with van der Waals surface area (Å²) in [6.45, 7) is 1.77. The number of urea groups is 1. The van der Waals surface area contributed by atoms with Gasteiger partial charge in [-0.25, -0.2) is 9.59 Å². The fraction of sp³-hybridized carbons (Fsp3) is 0.308. The number of rotatable bonds is 4. The SMILES string of the molecule is CC(OC(=O)c1ccc(Cl)cc1[N+](=O)[O-])C(=O)N1CCNC1=O. The Bertz CT molecular complexity index is 692. The topological polar surface area (TPSA) is 119 Å². The zero-order valence-corrected chi connectivity index (χ0v) is 12.7. The van der Waals surface area contributed by atoms with Gasteiger partial charge in [-0.1, -0.05) is 11.6 Å². The summed E-state index contributed by atoms with van der Waals surface area (Å²) in [5, 5.41) is 13.5. The third-order valence-corrected chi connectivity index (χ3v) is 3.37. The second-order valence-electron chi connectivity index (χ2n) is 4.69. The number of amides is 3. The lowest BCUT2D eigenvalue weighted by Crippen LogP contribution is -2.41. The molecule has 1 aromatic rings. The molecule has 9 nitrogen and oxygen atoms in total. The van der Waals surface area contributed by atoms with Gasteiger partial charge in [0.15, 0.2) is 6.10 Å². The molecule has 10 heteroatoms. The number of imide groups is 1. The number of esters is 1. The molecule has 0 aromatic heterocycles. The number of ether oxygens (including phenoxy) is 1.